The highest BCUT2D eigenvalue weighted by Gasteiger charge is 2.03. The average molecular weight is 297 g/mol. The molecule has 0 radical (unpaired) electrons. The molecule has 0 saturated heterocycles. The van der Waals surface area contributed by atoms with E-state index in [0.717, 1.165) is 32.9 Å². The Morgan fingerprint density at radius 1 is 0.565 bits per heavy atom. The van der Waals surface area contributed by atoms with E-state index in [2.05, 4.69) is 28.4 Å². The maximum atomic E-state index is 5.98. The van der Waals surface area contributed by atoms with Crippen molar-refractivity contribution in [2.45, 2.75) is 0 Å². The summed E-state index contributed by atoms with van der Waals surface area (Å²) in [6, 6.07) is 26.1. The second kappa shape index (κ2) is 5.54. The first-order valence-electron chi connectivity index (χ1n) is 7.49. The van der Waals surface area contributed by atoms with Crippen LogP contribution in [0.25, 0.3) is 21.5 Å². The van der Waals surface area contributed by atoms with Gasteiger partial charge in [0.25, 0.3) is 0 Å². The second-order valence-electron chi connectivity index (χ2n) is 5.46. The fourth-order valence-corrected chi connectivity index (χ4v) is 2.80. The highest BCUT2D eigenvalue weighted by molar-refractivity contribution is 5.95. The van der Waals surface area contributed by atoms with Crippen LogP contribution >= 0.6 is 0 Å². The van der Waals surface area contributed by atoms with Gasteiger partial charge >= 0.3 is 0 Å². The normalized spacial score (nSPS) is 11.5. The first-order chi connectivity index (χ1) is 11.3. The fraction of sp³-hybridized carbons (Fsp3) is 0. The van der Waals surface area contributed by atoms with Crippen molar-refractivity contribution in [3.8, 4) is 0 Å². The lowest BCUT2D eigenvalue weighted by atomic mass is 10.1. The summed E-state index contributed by atoms with van der Waals surface area (Å²) in [4.78, 5) is 0. The molecular formula is C20H15N3. The quantitative estimate of drug-likeness (QED) is 0.358. The van der Waals surface area contributed by atoms with Crippen molar-refractivity contribution in [2.75, 3.05) is 5.73 Å². The molecule has 0 fully saturated rings. The minimum Gasteiger partial charge on any atom is -0.399 e. The number of nitrogens with two attached hydrogens (primary N) is 1. The van der Waals surface area contributed by atoms with Crippen LogP contribution in [-0.2, 0) is 0 Å². The lowest BCUT2D eigenvalue weighted by molar-refractivity contribution is 1.25. The summed E-state index contributed by atoms with van der Waals surface area (Å²) in [6.45, 7) is 0. The smallest absolute Gasteiger partial charge is 0.0955 e. The van der Waals surface area contributed by atoms with Gasteiger partial charge in [-0.2, -0.15) is 0 Å². The van der Waals surface area contributed by atoms with Crippen molar-refractivity contribution >= 4 is 38.6 Å². The van der Waals surface area contributed by atoms with Crippen LogP contribution in [0, 0.1) is 0 Å². The molecule has 0 aliphatic carbocycles. The van der Waals surface area contributed by atoms with E-state index in [0.29, 0.717) is 5.69 Å². The fourth-order valence-electron chi connectivity index (χ4n) is 2.80. The van der Waals surface area contributed by atoms with Crippen molar-refractivity contribution < 1.29 is 0 Å². The van der Waals surface area contributed by atoms with Gasteiger partial charge in [-0.25, -0.2) is 0 Å². The predicted octanol–water partition coefficient (Wildman–Crippen LogP) is 5.99. The van der Waals surface area contributed by atoms with Gasteiger partial charge in [0.1, 0.15) is 0 Å². The third-order valence-electron chi connectivity index (χ3n) is 3.89. The number of benzene rings is 4. The Hall–Kier alpha value is -3.20. The predicted molar refractivity (Wildman–Crippen MR) is 96.5 cm³/mol. The monoisotopic (exact) mass is 297 g/mol. The Morgan fingerprint density at radius 2 is 1.17 bits per heavy atom. The van der Waals surface area contributed by atoms with Gasteiger partial charge in [0.2, 0.25) is 0 Å². The average Bonchev–Trinajstić information content (AvgIpc) is 2.59. The summed E-state index contributed by atoms with van der Waals surface area (Å²) >= 11 is 0. The van der Waals surface area contributed by atoms with Crippen molar-refractivity contribution in [2.24, 2.45) is 10.2 Å². The Balaban J connectivity index is 1.85. The van der Waals surface area contributed by atoms with Crippen LogP contribution in [0.15, 0.2) is 89.1 Å². The number of fused-ring (bicyclic) bond motifs is 2. The summed E-state index contributed by atoms with van der Waals surface area (Å²) < 4.78 is 0. The lowest BCUT2D eigenvalue weighted by Crippen LogP contribution is -1.84. The molecule has 4 aromatic rings. The molecule has 0 bridgehead atoms. The van der Waals surface area contributed by atoms with Gasteiger partial charge in [0, 0.05) is 16.5 Å². The van der Waals surface area contributed by atoms with E-state index in [1.165, 1.54) is 0 Å². The van der Waals surface area contributed by atoms with Gasteiger partial charge in [0.15, 0.2) is 0 Å². The summed E-state index contributed by atoms with van der Waals surface area (Å²) in [7, 11) is 0. The third-order valence-corrected chi connectivity index (χ3v) is 3.89. The van der Waals surface area contributed by atoms with Crippen LogP contribution < -0.4 is 5.73 Å². The van der Waals surface area contributed by atoms with E-state index in [4.69, 9.17) is 5.73 Å². The van der Waals surface area contributed by atoms with Crippen molar-refractivity contribution in [3.63, 3.8) is 0 Å². The summed E-state index contributed by atoms with van der Waals surface area (Å²) in [5.74, 6) is 0. The van der Waals surface area contributed by atoms with E-state index in [1.807, 2.05) is 60.7 Å². The van der Waals surface area contributed by atoms with E-state index >= 15 is 0 Å². The molecule has 0 amide bonds. The zero-order valence-corrected chi connectivity index (χ0v) is 12.5. The van der Waals surface area contributed by atoms with Crippen molar-refractivity contribution in [3.05, 3.63) is 78.9 Å². The van der Waals surface area contributed by atoms with Gasteiger partial charge in [-0.15, -0.1) is 10.2 Å². The van der Waals surface area contributed by atoms with E-state index in [-0.39, 0.29) is 0 Å². The molecule has 23 heavy (non-hydrogen) atoms. The van der Waals surface area contributed by atoms with Crippen molar-refractivity contribution in [1.82, 2.24) is 0 Å². The number of hydrogen-bond acceptors (Lipinski definition) is 3. The number of nitrogen functional groups attached to an aromatic ring is 1. The van der Waals surface area contributed by atoms with Crippen molar-refractivity contribution in [1.29, 1.82) is 0 Å². The summed E-state index contributed by atoms with van der Waals surface area (Å²) in [5.41, 5.74) is 8.31. The molecule has 0 heterocycles. The molecule has 0 saturated carbocycles. The van der Waals surface area contributed by atoms with Crippen LogP contribution in [0.3, 0.4) is 0 Å². The van der Waals surface area contributed by atoms with Crippen LogP contribution in [0.1, 0.15) is 0 Å². The Kier molecular flexibility index (Phi) is 3.24. The maximum absolute atomic E-state index is 5.98. The molecular weight excluding hydrogens is 282 g/mol. The first kappa shape index (κ1) is 13.5. The molecule has 3 nitrogen and oxygen atoms in total. The molecule has 0 aliphatic rings. The molecule has 4 aromatic carbocycles. The van der Waals surface area contributed by atoms with Gasteiger partial charge < -0.3 is 5.73 Å². The molecule has 110 valence electrons. The van der Waals surface area contributed by atoms with Gasteiger partial charge in [-0.05, 0) is 29.0 Å². The minimum absolute atomic E-state index is 0.690. The molecule has 0 atom stereocenters. The standard InChI is InChI=1S/C20H15N3/c21-16-12-15-7-2-4-10-18(15)20(13-16)23-22-19-11-5-8-14-6-1-3-9-17(14)19/h1-13H,21H2. The Morgan fingerprint density at radius 3 is 2.00 bits per heavy atom. The molecule has 0 unspecified atom stereocenters. The molecule has 2 N–H and O–H groups in total. The topological polar surface area (TPSA) is 50.7 Å². The minimum atomic E-state index is 0.690. The first-order valence-corrected chi connectivity index (χ1v) is 7.49. The molecule has 0 aromatic heterocycles. The number of anilines is 1. The zero-order chi connectivity index (χ0) is 15.6. The number of azo groups is 1. The van der Waals surface area contributed by atoms with Crippen LogP contribution in [0.4, 0.5) is 17.1 Å². The largest absolute Gasteiger partial charge is 0.399 e. The van der Waals surface area contributed by atoms with Gasteiger partial charge in [-0.1, -0.05) is 60.7 Å². The highest BCUT2D eigenvalue weighted by Crippen LogP contribution is 2.32. The molecule has 0 spiro atoms. The Labute approximate surface area is 134 Å². The van der Waals surface area contributed by atoms with Gasteiger partial charge in [0.05, 0.1) is 11.4 Å². The number of nitrogens with zero attached hydrogens (tertiary/aromatic N) is 2. The Bertz CT molecular complexity index is 1030. The zero-order valence-electron chi connectivity index (χ0n) is 12.5. The molecule has 4 rings (SSSR count). The summed E-state index contributed by atoms with van der Waals surface area (Å²) in [5, 5.41) is 13.3. The third kappa shape index (κ3) is 2.53. The lowest BCUT2D eigenvalue weighted by Gasteiger charge is -2.04. The van der Waals surface area contributed by atoms with Crippen LogP contribution in [0.2, 0.25) is 0 Å². The second-order valence-corrected chi connectivity index (χ2v) is 5.46. The van der Waals surface area contributed by atoms with E-state index < -0.39 is 0 Å². The van der Waals surface area contributed by atoms with E-state index in [9.17, 15) is 0 Å². The number of rotatable bonds is 2. The molecule has 3 heteroatoms. The maximum Gasteiger partial charge on any atom is 0.0955 e. The number of hydrogen-bond donors (Lipinski definition) is 1. The van der Waals surface area contributed by atoms with Crippen LogP contribution in [0.5, 0.6) is 0 Å². The van der Waals surface area contributed by atoms with E-state index in [1.54, 1.807) is 0 Å². The highest BCUT2D eigenvalue weighted by atomic mass is 15.1. The molecule has 0 aliphatic heterocycles. The summed E-state index contributed by atoms with van der Waals surface area (Å²) in [6.07, 6.45) is 0. The van der Waals surface area contributed by atoms with Gasteiger partial charge in [-0.3, -0.25) is 0 Å². The van der Waals surface area contributed by atoms with Crippen LogP contribution in [-0.4, -0.2) is 0 Å². The SMILES string of the molecule is Nc1cc(N=Nc2cccc3ccccc23)c2ccccc2c1.